The van der Waals surface area contributed by atoms with Crippen LogP contribution in [0.1, 0.15) is 20.0 Å². The molecule has 0 fully saturated rings. The van der Waals surface area contributed by atoms with Crippen LogP contribution in [0.2, 0.25) is 0 Å². The number of hydrogen-bond donors (Lipinski definition) is 2. The van der Waals surface area contributed by atoms with E-state index in [-0.39, 0.29) is 5.91 Å². The van der Waals surface area contributed by atoms with Crippen LogP contribution >= 0.6 is 27.3 Å². The lowest BCUT2D eigenvalue weighted by Gasteiger charge is -2.07. The molecule has 3 aromatic rings. The van der Waals surface area contributed by atoms with E-state index in [1.165, 1.54) is 17.7 Å². The van der Waals surface area contributed by atoms with Gasteiger partial charge in [0.15, 0.2) is 0 Å². The second-order valence-corrected chi connectivity index (χ2v) is 6.86. The summed E-state index contributed by atoms with van der Waals surface area (Å²) in [6.07, 6.45) is 2.99. The molecule has 2 aromatic heterocycles. The molecule has 2 heterocycles. The Morgan fingerprint density at radius 1 is 1.04 bits per heavy atom. The van der Waals surface area contributed by atoms with E-state index < -0.39 is 5.91 Å². The summed E-state index contributed by atoms with van der Waals surface area (Å²) in [6.45, 7) is 0. The molecule has 0 aliphatic rings. The number of benzene rings is 1. The van der Waals surface area contributed by atoms with Crippen LogP contribution in [0.4, 0.5) is 0 Å². The first kappa shape index (κ1) is 15.4. The summed E-state index contributed by atoms with van der Waals surface area (Å²) in [7, 11) is 0. The largest absolute Gasteiger partial charge is 0.279 e. The van der Waals surface area contributed by atoms with Crippen LogP contribution in [-0.2, 0) is 0 Å². The van der Waals surface area contributed by atoms with Gasteiger partial charge in [0.25, 0.3) is 11.8 Å². The van der Waals surface area contributed by atoms with Crippen LogP contribution in [0.5, 0.6) is 0 Å². The fourth-order valence-corrected chi connectivity index (χ4v) is 3.07. The lowest BCUT2D eigenvalue weighted by molar-refractivity contribution is 0.0849. The van der Waals surface area contributed by atoms with Crippen LogP contribution in [0.25, 0.3) is 5.69 Å². The molecule has 0 unspecified atom stereocenters. The highest BCUT2D eigenvalue weighted by molar-refractivity contribution is 9.11. The zero-order chi connectivity index (χ0) is 16.2. The van der Waals surface area contributed by atoms with E-state index in [1.807, 2.05) is 0 Å². The predicted octanol–water partition coefficient (Wildman–Crippen LogP) is 2.17. The van der Waals surface area contributed by atoms with Gasteiger partial charge in [-0.2, -0.15) is 5.10 Å². The number of aromatic nitrogens is 3. The minimum Gasteiger partial charge on any atom is -0.267 e. The first-order valence-electron chi connectivity index (χ1n) is 6.44. The van der Waals surface area contributed by atoms with Crippen LogP contribution in [0, 0.1) is 0 Å². The summed E-state index contributed by atoms with van der Waals surface area (Å²) in [5, 5.41) is 4.00. The Balaban J connectivity index is 1.61. The zero-order valence-electron chi connectivity index (χ0n) is 11.6. The lowest BCUT2D eigenvalue weighted by atomic mass is 10.2. The highest BCUT2D eigenvalue weighted by Crippen LogP contribution is 2.21. The molecule has 0 saturated carbocycles. The van der Waals surface area contributed by atoms with Crippen LogP contribution in [0.15, 0.2) is 52.8 Å². The van der Waals surface area contributed by atoms with E-state index in [9.17, 15) is 9.59 Å². The first-order chi connectivity index (χ1) is 11.1. The van der Waals surface area contributed by atoms with Gasteiger partial charge in [-0.1, -0.05) is 0 Å². The van der Waals surface area contributed by atoms with Crippen LogP contribution in [-0.4, -0.2) is 26.6 Å². The Kier molecular flexibility index (Phi) is 4.49. The van der Waals surface area contributed by atoms with E-state index in [4.69, 9.17) is 0 Å². The molecule has 2 N–H and O–H groups in total. The van der Waals surface area contributed by atoms with Gasteiger partial charge >= 0.3 is 0 Å². The summed E-state index contributed by atoms with van der Waals surface area (Å²) in [5.74, 6) is -0.771. The number of amides is 2. The number of carbonyl (C=O) groups excluding carboxylic acids is 2. The molecular formula is C14H10BrN5O2S. The topological polar surface area (TPSA) is 88.9 Å². The maximum atomic E-state index is 12.0. The molecular weight excluding hydrogens is 382 g/mol. The fourth-order valence-electron chi connectivity index (χ4n) is 1.79. The normalized spacial score (nSPS) is 10.3. The van der Waals surface area contributed by atoms with Crippen molar-refractivity contribution in [1.29, 1.82) is 0 Å². The van der Waals surface area contributed by atoms with E-state index in [0.717, 1.165) is 9.47 Å². The van der Waals surface area contributed by atoms with Crippen molar-refractivity contribution in [1.82, 2.24) is 25.6 Å². The monoisotopic (exact) mass is 391 g/mol. The van der Waals surface area contributed by atoms with Crippen molar-refractivity contribution >= 4 is 39.1 Å². The number of nitrogens with one attached hydrogen (secondary N) is 2. The minimum absolute atomic E-state index is 0.367. The number of thiophene rings is 1. The molecule has 0 atom stereocenters. The number of hydrogen-bond acceptors (Lipinski definition) is 5. The smallest absolute Gasteiger partial charge is 0.267 e. The van der Waals surface area contributed by atoms with Gasteiger partial charge < -0.3 is 0 Å². The van der Waals surface area contributed by atoms with Crippen molar-refractivity contribution in [2.45, 2.75) is 0 Å². The van der Waals surface area contributed by atoms with Gasteiger partial charge in [-0.15, -0.1) is 11.3 Å². The van der Waals surface area contributed by atoms with E-state index in [1.54, 1.807) is 47.4 Å². The Labute approximate surface area is 143 Å². The van der Waals surface area contributed by atoms with Crippen LogP contribution < -0.4 is 10.9 Å². The van der Waals surface area contributed by atoms with Crippen molar-refractivity contribution in [3.05, 3.63) is 63.3 Å². The number of hydrazine groups is 1. The second kappa shape index (κ2) is 6.71. The molecule has 1 aromatic carbocycles. The fraction of sp³-hybridized carbons (Fsp3) is 0. The molecule has 3 rings (SSSR count). The average Bonchev–Trinajstić information content (AvgIpc) is 3.24. The average molecular weight is 392 g/mol. The first-order valence-corrected chi connectivity index (χ1v) is 8.05. The Morgan fingerprint density at radius 3 is 2.39 bits per heavy atom. The number of carbonyl (C=O) groups is 2. The highest BCUT2D eigenvalue weighted by atomic mass is 79.9. The highest BCUT2D eigenvalue weighted by Gasteiger charge is 2.11. The molecule has 0 bridgehead atoms. The summed E-state index contributed by atoms with van der Waals surface area (Å²) >= 11 is 4.56. The summed E-state index contributed by atoms with van der Waals surface area (Å²) in [6, 6.07) is 10.2. The molecule has 23 heavy (non-hydrogen) atoms. The molecule has 0 saturated heterocycles. The van der Waals surface area contributed by atoms with Crippen molar-refractivity contribution < 1.29 is 9.59 Å². The molecule has 2 amide bonds. The third kappa shape index (κ3) is 3.63. The van der Waals surface area contributed by atoms with Gasteiger partial charge in [-0.3, -0.25) is 20.4 Å². The molecule has 0 aliphatic carbocycles. The van der Waals surface area contributed by atoms with Gasteiger partial charge in [0, 0.05) is 5.56 Å². The van der Waals surface area contributed by atoms with Crippen molar-refractivity contribution in [2.24, 2.45) is 0 Å². The molecule has 116 valence electrons. The standard InChI is InChI=1S/C14H10BrN5O2S/c15-12-6-5-11(23-12)14(22)19-18-13(21)9-1-3-10(4-2-9)20-8-16-7-17-20/h1-8H,(H,18,21)(H,19,22). The van der Waals surface area contributed by atoms with E-state index >= 15 is 0 Å². The van der Waals surface area contributed by atoms with Crippen molar-refractivity contribution in [2.75, 3.05) is 0 Å². The Bertz CT molecular complexity index is 829. The van der Waals surface area contributed by atoms with Gasteiger partial charge in [-0.05, 0) is 52.3 Å². The number of rotatable bonds is 3. The predicted molar refractivity (Wildman–Crippen MR) is 88.3 cm³/mol. The molecule has 0 spiro atoms. The maximum absolute atomic E-state index is 12.0. The van der Waals surface area contributed by atoms with E-state index in [2.05, 4.69) is 36.9 Å². The molecule has 7 nitrogen and oxygen atoms in total. The number of nitrogens with zero attached hydrogens (tertiary/aromatic N) is 3. The minimum atomic E-state index is -0.404. The number of halogens is 1. The maximum Gasteiger partial charge on any atom is 0.279 e. The SMILES string of the molecule is O=C(NNC(=O)c1ccc(Br)s1)c1ccc(-n2cncn2)cc1. The Hall–Kier alpha value is -2.52. The van der Waals surface area contributed by atoms with Gasteiger partial charge in [-0.25, -0.2) is 9.67 Å². The zero-order valence-corrected chi connectivity index (χ0v) is 14.0. The van der Waals surface area contributed by atoms with Crippen molar-refractivity contribution in [3.8, 4) is 5.69 Å². The van der Waals surface area contributed by atoms with Crippen LogP contribution in [0.3, 0.4) is 0 Å². The van der Waals surface area contributed by atoms with E-state index in [0.29, 0.717) is 10.4 Å². The Morgan fingerprint density at radius 2 is 1.78 bits per heavy atom. The third-order valence-electron chi connectivity index (χ3n) is 2.90. The molecule has 0 aliphatic heterocycles. The summed E-state index contributed by atoms with van der Waals surface area (Å²) < 4.78 is 2.43. The second-order valence-electron chi connectivity index (χ2n) is 4.40. The van der Waals surface area contributed by atoms with Gasteiger partial charge in [0.2, 0.25) is 0 Å². The third-order valence-corrected chi connectivity index (χ3v) is 4.52. The van der Waals surface area contributed by atoms with Gasteiger partial charge in [0.05, 0.1) is 14.4 Å². The van der Waals surface area contributed by atoms with Crippen molar-refractivity contribution in [3.63, 3.8) is 0 Å². The lowest BCUT2D eigenvalue weighted by Crippen LogP contribution is -2.41. The van der Waals surface area contributed by atoms with Gasteiger partial charge in [0.1, 0.15) is 12.7 Å². The summed E-state index contributed by atoms with van der Waals surface area (Å²) in [5.41, 5.74) is 5.96. The molecule has 0 radical (unpaired) electrons. The quantitative estimate of drug-likeness (QED) is 0.669. The molecule has 9 heteroatoms. The summed E-state index contributed by atoms with van der Waals surface area (Å²) in [4.78, 5) is 28.2.